The van der Waals surface area contributed by atoms with Crippen molar-refractivity contribution in [1.82, 2.24) is 9.21 Å². The van der Waals surface area contributed by atoms with Gasteiger partial charge in [-0.3, -0.25) is 9.59 Å². The first-order chi connectivity index (χ1) is 13.0. The second kappa shape index (κ2) is 9.05. The molecule has 28 heavy (non-hydrogen) atoms. The number of benzene rings is 1. The average Bonchev–Trinajstić information content (AvgIpc) is 2.61. The van der Waals surface area contributed by atoms with Crippen molar-refractivity contribution in [3.8, 4) is 0 Å². The summed E-state index contributed by atoms with van der Waals surface area (Å²) < 4.78 is 31.3. The van der Waals surface area contributed by atoms with Crippen LogP contribution in [0.1, 0.15) is 45.6 Å². The minimum atomic E-state index is -3.81. The van der Waals surface area contributed by atoms with E-state index < -0.39 is 28.6 Å². The molecule has 1 saturated heterocycles. The van der Waals surface area contributed by atoms with Gasteiger partial charge in [-0.25, -0.2) is 8.42 Å². The van der Waals surface area contributed by atoms with Crippen LogP contribution in [0.5, 0.6) is 0 Å². The van der Waals surface area contributed by atoms with Gasteiger partial charge in [0.15, 0.2) is 6.10 Å². The summed E-state index contributed by atoms with van der Waals surface area (Å²) in [6.07, 6.45) is 1.97. The van der Waals surface area contributed by atoms with Gasteiger partial charge in [-0.15, -0.1) is 0 Å². The van der Waals surface area contributed by atoms with E-state index in [4.69, 9.17) is 4.74 Å². The summed E-state index contributed by atoms with van der Waals surface area (Å²) in [5.74, 6) is -0.992. The van der Waals surface area contributed by atoms with Crippen molar-refractivity contribution in [3.63, 3.8) is 0 Å². The first-order valence-corrected chi connectivity index (χ1v) is 11.0. The molecule has 0 aromatic heterocycles. The van der Waals surface area contributed by atoms with Crippen LogP contribution in [-0.4, -0.2) is 61.3 Å². The molecule has 0 unspecified atom stereocenters. The largest absolute Gasteiger partial charge is 0.452 e. The zero-order valence-corrected chi connectivity index (χ0v) is 18.0. The molecule has 1 fully saturated rings. The first kappa shape index (κ1) is 22.4. The van der Waals surface area contributed by atoms with E-state index in [2.05, 4.69) is 0 Å². The normalized spacial score (nSPS) is 21.4. The van der Waals surface area contributed by atoms with E-state index in [-0.39, 0.29) is 22.9 Å². The standard InChI is InChI=1S/C20H30N2O5S/c1-14-9-11-18(12-10-14)28(25,26)21(5)13-19(23)27-17(4)20(24)22-15(2)7-6-8-16(22)3/h9-12,15-17H,6-8,13H2,1-5H3/t15-,16+,17-/m0/s1. The zero-order chi connectivity index (χ0) is 21.1. The molecule has 1 aromatic carbocycles. The fourth-order valence-corrected chi connectivity index (χ4v) is 4.62. The Bertz CT molecular complexity index is 796. The average molecular weight is 411 g/mol. The summed E-state index contributed by atoms with van der Waals surface area (Å²) >= 11 is 0. The Hall–Kier alpha value is -1.93. The van der Waals surface area contributed by atoms with E-state index >= 15 is 0 Å². The lowest BCUT2D eigenvalue weighted by Crippen LogP contribution is -2.51. The van der Waals surface area contributed by atoms with Crippen molar-refractivity contribution in [1.29, 1.82) is 0 Å². The Kier molecular flexibility index (Phi) is 7.22. The van der Waals surface area contributed by atoms with E-state index in [1.807, 2.05) is 20.8 Å². The lowest BCUT2D eigenvalue weighted by molar-refractivity contribution is -0.162. The third-order valence-electron chi connectivity index (χ3n) is 5.18. The van der Waals surface area contributed by atoms with Crippen LogP contribution in [0.3, 0.4) is 0 Å². The summed E-state index contributed by atoms with van der Waals surface area (Å²) in [5, 5.41) is 0. The maximum Gasteiger partial charge on any atom is 0.322 e. The molecule has 2 rings (SSSR count). The number of esters is 1. The molecular formula is C20H30N2O5S. The van der Waals surface area contributed by atoms with Crippen molar-refractivity contribution in [2.24, 2.45) is 0 Å². The summed E-state index contributed by atoms with van der Waals surface area (Å²) in [4.78, 5) is 26.8. The van der Waals surface area contributed by atoms with Gasteiger partial charge in [0.25, 0.3) is 5.91 Å². The quantitative estimate of drug-likeness (QED) is 0.672. The van der Waals surface area contributed by atoms with Gasteiger partial charge in [0.2, 0.25) is 10.0 Å². The lowest BCUT2D eigenvalue weighted by Gasteiger charge is -2.40. The number of piperidine rings is 1. The highest BCUT2D eigenvalue weighted by atomic mass is 32.2. The minimum Gasteiger partial charge on any atom is -0.452 e. The van der Waals surface area contributed by atoms with Gasteiger partial charge < -0.3 is 9.64 Å². The summed E-state index contributed by atoms with van der Waals surface area (Å²) in [6.45, 7) is 6.91. The molecule has 0 radical (unpaired) electrons. The predicted molar refractivity (Wildman–Crippen MR) is 106 cm³/mol. The maximum atomic E-state index is 12.7. The second-order valence-corrected chi connectivity index (χ2v) is 9.63. The topological polar surface area (TPSA) is 84.0 Å². The van der Waals surface area contributed by atoms with E-state index in [0.29, 0.717) is 0 Å². The fourth-order valence-electron chi connectivity index (χ4n) is 3.51. The van der Waals surface area contributed by atoms with Gasteiger partial charge in [0.05, 0.1) is 4.90 Å². The van der Waals surface area contributed by atoms with Crippen LogP contribution in [0.15, 0.2) is 29.2 Å². The lowest BCUT2D eigenvalue weighted by atomic mass is 9.97. The minimum absolute atomic E-state index is 0.0991. The molecule has 0 N–H and O–H groups in total. The van der Waals surface area contributed by atoms with Crippen LogP contribution in [0.4, 0.5) is 0 Å². The Balaban J connectivity index is 1.98. The number of hydrogen-bond donors (Lipinski definition) is 0. The summed E-state index contributed by atoms with van der Waals surface area (Å²) in [7, 11) is -2.49. The van der Waals surface area contributed by atoms with Crippen LogP contribution < -0.4 is 0 Å². The molecule has 3 atom stereocenters. The third kappa shape index (κ3) is 5.11. The van der Waals surface area contributed by atoms with Crippen LogP contribution in [0.2, 0.25) is 0 Å². The molecular weight excluding hydrogens is 380 g/mol. The van der Waals surface area contributed by atoms with E-state index in [9.17, 15) is 18.0 Å². The van der Waals surface area contributed by atoms with Crippen molar-refractivity contribution >= 4 is 21.9 Å². The number of carbonyl (C=O) groups is 2. The molecule has 1 aliphatic heterocycles. The van der Waals surface area contributed by atoms with Crippen molar-refractivity contribution in [2.75, 3.05) is 13.6 Å². The van der Waals surface area contributed by atoms with Crippen molar-refractivity contribution in [3.05, 3.63) is 29.8 Å². The van der Waals surface area contributed by atoms with Crippen LogP contribution in [-0.2, 0) is 24.3 Å². The van der Waals surface area contributed by atoms with E-state index in [1.165, 1.54) is 26.1 Å². The maximum absolute atomic E-state index is 12.7. The second-order valence-electron chi connectivity index (χ2n) is 7.58. The number of rotatable bonds is 6. The number of nitrogens with zero attached hydrogens (tertiary/aromatic N) is 2. The molecule has 1 amide bonds. The summed E-state index contributed by atoms with van der Waals surface area (Å²) in [6, 6.07) is 6.58. The van der Waals surface area contributed by atoms with E-state index in [0.717, 1.165) is 29.1 Å². The number of aryl methyl sites for hydroxylation is 1. The van der Waals surface area contributed by atoms with Crippen molar-refractivity contribution in [2.45, 2.75) is 70.0 Å². The molecule has 1 aliphatic rings. The molecule has 1 aromatic rings. The first-order valence-electron chi connectivity index (χ1n) is 9.58. The number of likely N-dealkylation sites (N-methyl/N-ethyl adjacent to an activating group) is 1. The number of amides is 1. The van der Waals surface area contributed by atoms with Gasteiger partial charge in [-0.05, 0) is 59.1 Å². The number of sulfonamides is 1. The molecule has 8 heteroatoms. The van der Waals surface area contributed by atoms with E-state index in [1.54, 1.807) is 17.0 Å². The highest BCUT2D eigenvalue weighted by molar-refractivity contribution is 7.89. The van der Waals surface area contributed by atoms with Crippen LogP contribution >= 0.6 is 0 Å². The predicted octanol–water partition coefficient (Wildman–Crippen LogP) is 2.34. The van der Waals surface area contributed by atoms with Crippen LogP contribution in [0, 0.1) is 6.92 Å². The zero-order valence-electron chi connectivity index (χ0n) is 17.2. The number of likely N-dealkylation sites (tertiary alicyclic amines) is 1. The van der Waals surface area contributed by atoms with Crippen LogP contribution in [0.25, 0.3) is 0 Å². The van der Waals surface area contributed by atoms with Gasteiger partial charge in [0.1, 0.15) is 6.54 Å². The molecule has 0 spiro atoms. The Labute approximate surface area is 167 Å². The molecule has 0 bridgehead atoms. The monoisotopic (exact) mass is 410 g/mol. The fraction of sp³-hybridized carbons (Fsp3) is 0.600. The Morgan fingerprint density at radius 3 is 2.25 bits per heavy atom. The highest BCUT2D eigenvalue weighted by Gasteiger charge is 2.33. The Morgan fingerprint density at radius 1 is 1.18 bits per heavy atom. The number of hydrogen-bond acceptors (Lipinski definition) is 5. The Morgan fingerprint density at radius 2 is 1.71 bits per heavy atom. The van der Waals surface area contributed by atoms with Gasteiger partial charge in [0, 0.05) is 19.1 Å². The van der Waals surface area contributed by atoms with Crippen molar-refractivity contribution < 1.29 is 22.7 Å². The SMILES string of the molecule is Cc1ccc(S(=O)(=O)N(C)CC(=O)O[C@@H](C)C(=O)N2[C@H](C)CCC[C@@H]2C)cc1. The molecule has 0 aliphatic carbocycles. The smallest absolute Gasteiger partial charge is 0.322 e. The summed E-state index contributed by atoms with van der Waals surface area (Å²) in [5.41, 5.74) is 0.939. The van der Waals surface area contributed by atoms with Gasteiger partial charge in [-0.1, -0.05) is 17.7 Å². The highest BCUT2D eigenvalue weighted by Crippen LogP contribution is 2.24. The number of ether oxygens (including phenoxy) is 1. The third-order valence-corrected chi connectivity index (χ3v) is 7.00. The molecule has 1 heterocycles. The van der Waals surface area contributed by atoms with Gasteiger partial charge in [-0.2, -0.15) is 4.31 Å². The molecule has 0 saturated carbocycles. The molecule has 156 valence electrons. The van der Waals surface area contributed by atoms with Gasteiger partial charge >= 0.3 is 5.97 Å². The molecule has 7 nitrogen and oxygen atoms in total. The number of carbonyl (C=O) groups excluding carboxylic acids is 2.